The monoisotopic (exact) mass is 499 g/mol. The third-order valence-corrected chi connectivity index (χ3v) is 7.15. The van der Waals surface area contributed by atoms with E-state index in [1.807, 2.05) is 25.1 Å². The fourth-order valence-electron chi connectivity index (χ4n) is 4.77. The van der Waals surface area contributed by atoms with E-state index >= 15 is 0 Å². The quantitative estimate of drug-likeness (QED) is 0.332. The van der Waals surface area contributed by atoms with Crippen LogP contribution in [0.5, 0.6) is 0 Å². The Morgan fingerprint density at radius 2 is 1.94 bits per heavy atom. The van der Waals surface area contributed by atoms with Gasteiger partial charge in [0.1, 0.15) is 5.65 Å². The second-order valence-corrected chi connectivity index (χ2v) is 9.80. The molecule has 0 unspecified atom stereocenters. The van der Waals surface area contributed by atoms with E-state index in [4.69, 9.17) is 11.6 Å². The van der Waals surface area contributed by atoms with E-state index in [2.05, 4.69) is 69.0 Å². The molecule has 2 aromatic heterocycles. The van der Waals surface area contributed by atoms with Crippen molar-refractivity contribution < 1.29 is 4.79 Å². The van der Waals surface area contributed by atoms with Crippen LogP contribution < -0.4 is 5.32 Å². The van der Waals surface area contributed by atoms with Crippen LogP contribution in [0.3, 0.4) is 0 Å². The summed E-state index contributed by atoms with van der Waals surface area (Å²) in [6.45, 7) is 10.8. The van der Waals surface area contributed by atoms with E-state index in [-0.39, 0.29) is 5.91 Å². The molecule has 2 N–H and O–H groups in total. The van der Waals surface area contributed by atoms with Crippen molar-refractivity contribution in [2.45, 2.75) is 13.5 Å². The highest BCUT2D eigenvalue weighted by molar-refractivity contribution is 6.36. The van der Waals surface area contributed by atoms with E-state index in [9.17, 15) is 4.79 Å². The summed E-state index contributed by atoms with van der Waals surface area (Å²) in [6.07, 6.45) is 2.99. The molecule has 184 valence electrons. The lowest BCUT2D eigenvalue weighted by atomic mass is 9.96. The van der Waals surface area contributed by atoms with Gasteiger partial charge >= 0.3 is 0 Å². The lowest BCUT2D eigenvalue weighted by molar-refractivity contribution is -0.111. The number of aryl methyl sites for hydroxylation is 1. The van der Waals surface area contributed by atoms with E-state index in [0.29, 0.717) is 5.02 Å². The van der Waals surface area contributed by atoms with Crippen molar-refractivity contribution in [3.05, 3.63) is 83.5 Å². The van der Waals surface area contributed by atoms with Gasteiger partial charge in [-0.1, -0.05) is 48.5 Å². The van der Waals surface area contributed by atoms with Gasteiger partial charge in [-0.3, -0.25) is 9.69 Å². The molecule has 7 heteroatoms. The molecule has 1 amide bonds. The topological polar surface area (TPSA) is 64.3 Å². The first-order valence-corrected chi connectivity index (χ1v) is 12.5. The molecular weight excluding hydrogens is 470 g/mol. The SMILES string of the molecule is C=CC(=O)Nc1cc(-c2c(-c3cccc(CN4CCN(C)CC4)c3)[nH]c3nccc(Cl)c23)ccc1C. The average Bonchev–Trinajstić information content (AvgIpc) is 3.28. The molecular formula is C29H30ClN5O. The summed E-state index contributed by atoms with van der Waals surface area (Å²) in [7, 11) is 2.17. The van der Waals surface area contributed by atoms with Gasteiger partial charge in [-0.05, 0) is 60.5 Å². The zero-order valence-electron chi connectivity index (χ0n) is 20.6. The van der Waals surface area contributed by atoms with Gasteiger partial charge in [0.05, 0.1) is 10.7 Å². The van der Waals surface area contributed by atoms with Crippen LogP contribution in [0.25, 0.3) is 33.4 Å². The van der Waals surface area contributed by atoms with Crippen molar-refractivity contribution in [2.75, 3.05) is 38.5 Å². The first-order chi connectivity index (χ1) is 17.4. The zero-order valence-corrected chi connectivity index (χ0v) is 21.4. The van der Waals surface area contributed by atoms with Crippen LogP contribution in [0.4, 0.5) is 5.69 Å². The third kappa shape index (κ3) is 4.93. The van der Waals surface area contributed by atoms with Gasteiger partial charge in [0.25, 0.3) is 0 Å². The van der Waals surface area contributed by atoms with Gasteiger partial charge in [-0.2, -0.15) is 0 Å². The number of H-pyrrole nitrogens is 1. The summed E-state index contributed by atoms with van der Waals surface area (Å²) < 4.78 is 0. The number of carbonyl (C=O) groups excluding carboxylic acids is 1. The first-order valence-electron chi connectivity index (χ1n) is 12.1. The molecule has 0 aliphatic carbocycles. The molecule has 1 aliphatic rings. The van der Waals surface area contributed by atoms with Gasteiger partial charge in [0.2, 0.25) is 5.91 Å². The van der Waals surface area contributed by atoms with E-state index in [0.717, 1.165) is 77.4 Å². The zero-order chi connectivity index (χ0) is 25.2. The molecule has 1 fully saturated rings. The lowest BCUT2D eigenvalue weighted by Gasteiger charge is -2.32. The molecule has 0 saturated carbocycles. The van der Waals surface area contributed by atoms with E-state index in [1.165, 1.54) is 11.6 Å². The summed E-state index contributed by atoms with van der Waals surface area (Å²) in [5.74, 6) is -0.245. The van der Waals surface area contributed by atoms with Crippen LogP contribution in [0, 0.1) is 6.92 Å². The van der Waals surface area contributed by atoms with E-state index < -0.39 is 0 Å². The van der Waals surface area contributed by atoms with Crippen LogP contribution >= 0.6 is 11.6 Å². The number of aromatic amines is 1. The third-order valence-electron chi connectivity index (χ3n) is 6.83. The van der Waals surface area contributed by atoms with Crippen LogP contribution in [0.1, 0.15) is 11.1 Å². The predicted octanol–water partition coefficient (Wildman–Crippen LogP) is 5.73. The van der Waals surface area contributed by atoms with Crippen molar-refractivity contribution in [1.29, 1.82) is 0 Å². The Labute approximate surface area is 216 Å². The van der Waals surface area contributed by atoms with Gasteiger partial charge in [0, 0.05) is 55.6 Å². The number of anilines is 1. The Morgan fingerprint density at radius 1 is 1.14 bits per heavy atom. The number of aromatic nitrogens is 2. The number of likely N-dealkylation sites (N-methyl/N-ethyl adjacent to an activating group) is 1. The lowest BCUT2D eigenvalue weighted by Crippen LogP contribution is -2.43. The Morgan fingerprint density at radius 3 is 2.72 bits per heavy atom. The maximum Gasteiger partial charge on any atom is 0.247 e. The predicted molar refractivity (Wildman–Crippen MR) is 148 cm³/mol. The van der Waals surface area contributed by atoms with Gasteiger partial charge in [0.15, 0.2) is 0 Å². The molecule has 0 atom stereocenters. The number of hydrogen-bond donors (Lipinski definition) is 2. The molecule has 1 saturated heterocycles. The van der Waals surface area contributed by atoms with Crippen LogP contribution in [-0.4, -0.2) is 58.9 Å². The molecule has 3 heterocycles. The van der Waals surface area contributed by atoms with Crippen molar-refractivity contribution in [3.63, 3.8) is 0 Å². The Kier molecular flexibility index (Phi) is 6.92. The number of benzene rings is 2. The largest absolute Gasteiger partial charge is 0.339 e. The molecule has 1 aliphatic heterocycles. The van der Waals surface area contributed by atoms with Crippen LogP contribution in [0.15, 0.2) is 67.4 Å². The molecule has 0 radical (unpaired) electrons. The number of amides is 1. The molecule has 4 aromatic rings. The maximum atomic E-state index is 12.0. The summed E-state index contributed by atoms with van der Waals surface area (Å²) in [5.41, 5.74) is 7.64. The Balaban J connectivity index is 1.60. The number of nitrogens with zero attached hydrogens (tertiary/aromatic N) is 3. The number of halogens is 1. The summed E-state index contributed by atoms with van der Waals surface area (Å²) in [4.78, 5) is 25.0. The molecule has 36 heavy (non-hydrogen) atoms. The Bertz CT molecular complexity index is 1440. The summed E-state index contributed by atoms with van der Waals surface area (Å²) >= 11 is 6.71. The molecule has 5 rings (SSSR count). The minimum atomic E-state index is -0.245. The molecule has 0 bridgehead atoms. The number of fused-ring (bicyclic) bond motifs is 1. The highest BCUT2D eigenvalue weighted by Crippen LogP contribution is 2.42. The molecule has 2 aromatic carbocycles. The second-order valence-electron chi connectivity index (χ2n) is 9.39. The van der Waals surface area contributed by atoms with E-state index in [1.54, 1.807) is 6.20 Å². The number of carbonyl (C=O) groups is 1. The first kappa shape index (κ1) is 24.3. The molecule has 0 spiro atoms. The van der Waals surface area contributed by atoms with Crippen molar-refractivity contribution in [3.8, 4) is 22.4 Å². The number of nitrogens with one attached hydrogen (secondary N) is 2. The fourth-order valence-corrected chi connectivity index (χ4v) is 5.01. The normalized spacial score (nSPS) is 14.8. The second kappa shape index (κ2) is 10.3. The van der Waals surface area contributed by atoms with Gasteiger partial charge < -0.3 is 15.2 Å². The highest BCUT2D eigenvalue weighted by Gasteiger charge is 2.20. The van der Waals surface area contributed by atoms with Crippen molar-refractivity contribution in [1.82, 2.24) is 19.8 Å². The van der Waals surface area contributed by atoms with Crippen LogP contribution in [-0.2, 0) is 11.3 Å². The smallest absolute Gasteiger partial charge is 0.247 e. The number of hydrogen-bond acceptors (Lipinski definition) is 4. The Hall–Kier alpha value is -3.45. The maximum absolute atomic E-state index is 12.0. The van der Waals surface area contributed by atoms with Gasteiger partial charge in [-0.15, -0.1) is 0 Å². The average molecular weight is 500 g/mol. The van der Waals surface area contributed by atoms with Gasteiger partial charge in [-0.25, -0.2) is 4.98 Å². The standard InChI is InChI=1S/C29H30ClN5O/c1-4-25(36)32-24-17-21(9-8-19(24)2)26-27-23(30)10-11-31-29(27)33-28(26)22-7-5-6-20(16-22)18-35-14-12-34(3)13-15-35/h4-11,16-17H,1,12-15,18H2,2-3H3,(H,31,33)(H,32,36). The fraction of sp³-hybridized carbons (Fsp3) is 0.241. The summed E-state index contributed by atoms with van der Waals surface area (Å²) in [6, 6.07) is 16.5. The van der Waals surface area contributed by atoms with Crippen molar-refractivity contribution in [2.24, 2.45) is 0 Å². The highest BCUT2D eigenvalue weighted by atomic mass is 35.5. The van der Waals surface area contributed by atoms with Crippen LogP contribution in [0.2, 0.25) is 5.02 Å². The minimum Gasteiger partial charge on any atom is -0.339 e. The number of pyridine rings is 1. The molecule has 6 nitrogen and oxygen atoms in total. The number of rotatable bonds is 6. The number of piperazine rings is 1. The summed E-state index contributed by atoms with van der Waals surface area (Å²) in [5, 5.41) is 4.41. The minimum absolute atomic E-state index is 0.245. The van der Waals surface area contributed by atoms with Crippen molar-refractivity contribution >= 4 is 34.2 Å².